The fraction of sp³-hybridized carbons (Fsp3) is 0.400. The van der Waals surface area contributed by atoms with Gasteiger partial charge in [0.05, 0.1) is 17.5 Å². The van der Waals surface area contributed by atoms with Gasteiger partial charge >= 0.3 is 0 Å². The molecule has 13 heteroatoms. The number of aromatic nitrogens is 2. The van der Waals surface area contributed by atoms with Gasteiger partial charge in [-0.25, -0.2) is 18.4 Å². The summed E-state index contributed by atoms with van der Waals surface area (Å²) in [6, 6.07) is -0.269. The van der Waals surface area contributed by atoms with Gasteiger partial charge in [-0.1, -0.05) is 11.6 Å². The molecule has 1 aliphatic heterocycles. The molecule has 1 aromatic rings. The average Bonchev–Trinajstić information content (AvgIpc) is 2.78. The maximum atomic E-state index is 11.8. The van der Waals surface area contributed by atoms with Crippen LogP contribution in [0.25, 0.3) is 0 Å². The van der Waals surface area contributed by atoms with E-state index in [1.54, 1.807) is 0 Å². The highest BCUT2D eigenvalue weighted by atomic mass is 35.5. The molecule has 0 aromatic carbocycles. The SMILES string of the molecule is Nc1nc(N)c(C(=O)NC=NNC2CCS(=O)(=O)C2)nc1Cl.O. The van der Waals surface area contributed by atoms with Crippen LogP contribution in [0.4, 0.5) is 11.6 Å². The van der Waals surface area contributed by atoms with Gasteiger partial charge in [-0.05, 0) is 6.42 Å². The molecule has 0 aliphatic carbocycles. The van der Waals surface area contributed by atoms with Gasteiger partial charge < -0.3 is 27.7 Å². The summed E-state index contributed by atoms with van der Waals surface area (Å²) in [5.41, 5.74) is 13.4. The number of halogens is 1. The van der Waals surface area contributed by atoms with E-state index in [0.717, 1.165) is 6.34 Å². The molecule has 11 nitrogen and oxygen atoms in total. The predicted molar refractivity (Wildman–Crippen MR) is 85.6 cm³/mol. The molecule has 2 heterocycles. The number of hydrogen-bond donors (Lipinski definition) is 4. The van der Waals surface area contributed by atoms with E-state index in [-0.39, 0.29) is 45.5 Å². The number of amides is 1. The molecule has 8 N–H and O–H groups in total. The molecule has 0 bridgehead atoms. The Bertz CT molecular complexity index is 724. The number of nitrogens with zero attached hydrogens (tertiary/aromatic N) is 3. The lowest BCUT2D eigenvalue weighted by Crippen LogP contribution is -2.29. The number of nitrogens with two attached hydrogens (primary N) is 2. The molecule has 1 amide bonds. The van der Waals surface area contributed by atoms with Crippen molar-refractivity contribution in [2.45, 2.75) is 12.5 Å². The van der Waals surface area contributed by atoms with Crippen molar-refractivity contribution >= 4 is 45.3 Å². The summed E-state index contributed by atoms with van der Waals surface area (Å²) in [5, 5.41) is 5.91. The Labute approximate surface area is 136 Å². The standard InChI is InChI=1S/C10H14ClN7O3S.H2O/c11-7-9(13)17-8(12)6(16-7)10(19)14-4-15-18-5-1-2-22(20,21)3-5;/h4-5,18H,1-3H2,(H4,12,13,17)(H,14,15,19);1H2. The number of nitrogens with one attached hydrogen (secondary N) is 2. The molecular weight excluding hydrogens is 350 g/mol. The van der Waals surface area contributed by atoms with E-state index in [9.17, 15) is 13.2 Å². The third-order valence-corrected chi connectivity index (χ3v) is 4.92. The Morgan fingerprint density at radius 1 is 1.35 bits per heavy atom. The van der Waals surface area contributed by atoms with Crippen molar-refractivity contribution in [1.82, 2.24) is 20.7 Å². The van der Waals surface area contributed by atoms with E-state index in [1.165, 1.54) is 0 Å². The van der Waals surface area contributed by atoms with E-state index in [4.69, 9.17) is 23.1 Å². The van der Waals surface area contributed by atoms with Crippen LogP contribution in [0, 0.1) is 0 Å². The minimum absolute atomic E-state index is 0. The summed E-state index contributed by atoms with van der Waals surface area (Å²) in [7, 11) is -2.99. The Hall–Kier alpha value is -2.18. The number of hydrazone groups is 1. The molecule has 1 aromatic heterocycles. The second kappa shape index (κ2) is 7.39. The van der Waals surface area contributed by atoms with E-state index in [2.05, 4.69) is 25.8 Å². The monoisotopic (exact) mass is 365 g/mol. The summed E-state index contributed by atoms with van der Waals surface area (Å²) >= 11 is 5.67. The molecule has 1 saturated heterocycles. The molecule has 2 rings (SSSR count). The quantitative estimate of drug-likeness (QED) is 0.264. The van der Waals surface area contributed by atoms with Crippen LogP contribution >= 0.6 is 11.6 Å². The van der Waals surface area contributed by atoms with Crippen LogP contribution in [0.15, 0.2) is 5.10 Å². The summed E-state index contributed by atoms with van der Waals surface area (Å²) in [5.74, 6) is -0.764. The number of carbonyl (C=O) groups is 1. The molecule has 128 valence electrons. The lowest BCUT2D eigenvalue weighted by molar-refractivity contribution is 0.0974. The second-order valence-electron chi connectivity index (χ2n) is 4.59. The summed E-state index contributed by atoms with van der Waals surface area (Å²) in [6.45, 7) is 0. The van der Waals surface area contributed by atoms with Gasteiger partial charge in [-0.2, -0.15) is 5.10 Å². The Morgan fingerprint density at radius 3 is 2.65 bits per heavy atom. The van der Waals surface area contributed by atoms with Crippen molar-refractivity contribution in [2.75, 3.05) is 23.0 Å². The number of hydrogen-bond acceptors (Lipinski definition) is 9. The first-order valence-electron chi connectivity index (χ1n) is 6.15. The van der Waals surface area contributed by atoms with Crippen molar-refractivity contribution in [3.05, 3.63) is 10.8 Å². The van der Waals surface area contributed by atoms with Gasteiger partial charge in [0.2, 0.25) is 0 Å². The Morgan fingerprint density at radius 2 is 2.04 bits per heavy atom. The van der Waals surface area contributed by atoms with Crippen LogP contribution < -0.4 is 22.2 Å². The number of nitrogen functional groups attached to an aromatic ring is 2. The molecule has 0 radical (unpaired) electrons. The lowest BCUT2D eigenvalue weighted by atomic mass is 10.3. The van der Waals surface area contributed by atoms with Crippen molar-refractivity contribution < 1.29 is 18.7 Å². The molecule has 1 fully saturated rings. The summed E-state index contributed by atoms with van der Waals surface area (Å²) in [4.78, 5) is 19.2. The largest absolute Gasteiger partial charge is 0.412 e. The first kappa shape index (κ1) is 18.9. The fourth-order valence-electron chi connectivity index (χ4n) is 1.81. The summed E-state index contributed by atoms with van der Waals surface area (Å²) < 4.78 is 22.5. The topological polar surface area (TPSA) is 197 Å². The zero-order valence-electron chi connectivity index (χ0n) is 11.8. The fourth-order valence-corrected chi connectivity index (χ4v) is 3.60. The maximum Gasteiger partial charge on any atom is 0.278 e. The number of anilines is 2. The smallest absolute Gasteiger partial charge is 0.278 e. The highest BCUT2D eigenvalue weighted by Crippen LogP contribution is 2.17. The van der Waals surface area contributed by atoms with Crippen molar-refractivity contribution in [1.29, 1.82) is 0 Å². The number of carbonyl (C=O) groups excluding carboxylic acids is 1. The minimum Gasteiger partial charge on any atom is -0.412 e. The van der Waals surface area contributed by atoms with Crippen molar-refractivity contribution in [3.8, 4) is 0 Å². The van der Waals surface area contributed by atoms with Gasteiger partial charge in [0, 0.05) is 0 Å². The zero-order valence-corrected chi connectivity index (χ0v) is 13.4. The Kier molecular flexibility index (Phi) is 6.06. The van der Waals surface area contributed by atoms with Crippen molar-refractivity contribution in [2.24, 2.45) is 5.10 Å². The van der Waals surface area contributed by atoms with Gasteiger partial charge in [0.25, 0.3) is 5.91 Å². The van der Waals surface area contributed by atoms with Crippen LogP contribution in [0.3, 0.4) is 0 Å². The molecule has 1 aliphatic rings. The van der Waals surface area contributed by atoms with Gasteiger partial charge in [-0.15, -0.1) is 0 Å². The molecular formula is C10H16ClN7O4S. The van der Waals surface area contributed by atoms with Crippen LogP contribution in [-0.2, 0) is 9.84 Å². The third-order valence-electron chi connectivity index (χ3n) is 2.87. The third kappa shape index (κ3) is 4.91. The average molecular weight is 366 g/mol. The maximum absolute atomic E-state index is 11.8. The van der Waals surface area contributed by atoms with Crippen LogP contribution in [0.2, 0.25) is 5.15 Å². The second-order valence-corrected chi connectivity index (χ2v) is 7.18. The van der Waals surface area contributed by atoms with E-state index in [1.807, 2.05) is 0 Å². The zero-order chi connectivity index (χ0) is 16.3. The molecule has 1 unspecified atom stereocenters. The van der Waals surface area contributed by atoms with Crippen LogP contribution in [0.1, 0.15) is 16.9 Å². The number of rotatable bonds is 4. The predicted octanol–water partition coefficient (Wildman–Crippen LogP) is -2.08. The Balaban J connectivity index is 0.00000264. The number of sulfone groups is 1. The van der Waals surface area contributed by atoms with Crippen molar-refractivity contribution in [3.63, 3.8) is 0 Å². The van der Waals surface area contributed by atoms with E-state index >= 15 is 0 Å². The van der Waals surface area contributed by atoms with E-state index in [0.29, 0.717) is 6.42 Å². The van der Waals surface area contributed by atoms with Crippen LogP contribution in [-0.4, -0.2) is 53.7 Å². The first-order chi connectivity index (χ1) is 10.3. The van der Waals surface area contributed by atoms with Gasteiger partial charge in [0.1, 0.15) is 6.34 Å². The highest BCUT2D eigenvalue weighted by Gasteiger charge is 2.27. The van der Waals surface area contributed by atoms with Gasteiger partial charge in [0.15, 0.2) is 32.3 Å². The minimum atomic E-state index is -2.99. The van der Waals surface area contributed by atoms with Crippen LogP contribution in [0.5, 0.6) is 0 Å². The highest BCUT2D eigenvalue weighted by molar-refractivity contribution is 7.91. The molecule has 1 atom stereocenters. The lowest BCUT2D eigenvalue weighted by Gasteiger charge is -2.07. The molecule has 0 saturated carbocycles. The van der Waals surface area contributed by atoms with E-state index < -0.39 is 15.7 Å². The van der Waals surface area contributed by atoms with Gasteiger partial charge in [-0.3, -0.25) is 4.79 Å². The molecule has 23 heavy (non-hydrogen) atoms. The first-order valence-corrected chi connectivity index (χ1v) is 8.35. The normalized spacial score (nSPS) is 19.3. The molecule has 0 spiro atoms. The summed E-state index contributed by atoms with van der Waals surface area (Å²) in [6.07, 6.45) is 1.54.